The molecule has 1 atom stereocenters. The maximum Gasteiger partial charge on any atom is 0.342 e. The Bertz CT molecular complexity index is 233. The molecule has 19 heavy (non-hydrogen) atoms. The third-order valence-electron chi connectivity index (χ3n) is 2.54. The van der Waals surface area contributed by atoms with Crippen molar-refractivity contribution in [3.05, 3.63) is 6.92 Å². The van der Waals surface area contributed by atoms with Gasteiger partial charge in [0.05, 0.1) is 13.0 Å². The molecular weight excluding hydrogens is 244 g/mol. The number of unbranched alkanes of at least 4 members (excludes halogenated alkanes) is 1. The van der Waals surface area contributed by atoms with E-state index >= 15 is 0 Å². The molecule has 1 radical (unpaired) electrons. The molecule has 0 heterocycles. The van der Waals surface area contributed by atoms with E-state index in [0.29, 0.717) is 32.2 Å². The maximum absolute atomic E-state index is 11.5. The first-order valence-corrected chi connectivity index (χ1v) is 7.04. The van der Waals surface area contributed by atoms with Crippen LogP contribution >= 0.6 is 0 Å². The van der Waals surface area contributed by atoms with Crippen molar-refractivity contribution in [1.82, 2.24) is 0 Å². The van der Waals surface area contributed by atoms with Gasteiger partial charge in [0, 0.05) is 13.2 Å². The van der Waals surface area contributed by atoms with Gasteiger partial charge in [-0.25, -0.2) is 4.79 Å². The summed E-state index contributed by atoms with van der Waals surface area (Å²) in [5, 5.41) is 0. The fraction of sp³-hybridized carbons (Fsp3) is 0.867. The lowest BCUT2D eigenvalue weighted by Gasteiger charge is -2.22. The van der Waals surface area contributed by atoms with Gasteiger partial charge in [-0.3, -0.25) is 4.89 Å². The molecule has 4 heteroatoms. The first-order chi connectivity index (χ1) is 8.85. The molecule has 0 saturated carbocycles. The van der Waals surface area contributed by atoms with Crippen molar-refractivity contribution in [3.8, 4) is 0 Å². The van der Waals surface area contributed by atoms with Crippen molar-refractivity contribution in [2.75, 3.05) is 19.8 Å². The molecule has 1 unspecified atom stereocenters. The molecule has 0 amide bonds. The number of carbonyl (C=O) groups excluding carboxylic acids is 1. The lowest BCUT2D eigenvalue weighted by molar-refractivity contribution is -0.273. The van der Waals surface area contributed by atoms with E-state index in [4.69, 9.17) is 14.5 Å². The fourth-order valence-electron chi connectivity index (χ4n) is 2.01. The van der Waals surface area contributed by atoms with Crippen LogP contribution in [0.2, 0.25) is 0 Å². The van der Waals surface area contributed by atoms with E-state index in [1.807, 2.05) is 0 Å². The predicted octanol–water partition coefficient (Wildman–Crippen LogP) is 3.55. The molecule has 0 aliphatic carbocycles. The first-order valence-electron chi connectivity index (χ1n) is 7.04. The van der Waals surface area contributed by atoms with Crippen molar-refractivity contribution in [3.63, 3.8) is 0 Å². The summed E-state index contributed by atoms with van der Waals surface area (Å²) in [6.07, 6.45) is 3.09. The molecule has 0 spiro atoms. The fourth-order valence-corrected chi connectivity index (χ4v) is 2.01. The lowest BCUT2D eigenvalue weighted by Crippen LogP contribution is -2.16. The second-order valence-electron chi connectivity index (χ2n) is 6.17. The topological polar surface area (TPSA) is 44.8 Å². The van der Waals surface area contributed by atoms with Crippen molar-refractivity contribution in [2.45, 2.75) is 53.4 Å². The molecule has 0 aliphatic heterocycles. The van der Waals surface area contributed by atoms with E-state index in [1.54, 1.807) is 0 Å². The Morgan fingerprint density at radius 3 is 2.42 bits per heavy atom. The highest BCUT2D eigenvalue weighted by molar-refractivity contribution is 5.68. The van der Waals surface area contributed by atoms with Crippen molar-refractivity contribution < 1.29 is 19.3 Å². The summed E-state index contributed by atoms with van der Waals surface area (Å²) in [4.78, 5) is 21.1. The van der Waals surface area contributed by atoms with Crippen LogP contribution in [0.25, 0.3) is 0 Å². The largest absolute Gasteiger partial charge is 0.381 e. The average Bonchev–Trinajstić information content (AvgIpc) is 2.25. The van der Waals surface area contributed by atoms with E-state index in [2.05, 4.69) is 34.6 Å². The van der Waals surface area contributed by atoms with Crippen LogP contribution in [-0.4, -0.2) is 25.8 Å². The van der Waals surface area contributed by atoms with Crippen molar-refractivity contribution in [2.24, 2.45) is 11.3 Å². The van der Waals surface area contributed by atoms with E-state index in [1.165, 1.54) is 0 Å². The lowest BCUT2D eigenvalue weighted by atomic mass is 9.84. The number of rotatable bonds is 10. The molecular formula is C15H29O4. The summed E-state index contributed by atoms with van der Waals surface area (Å²) in [7, 11) is 0. The highest BCUT2D eigenvalue weighted by atomic mass is 17.2. The summed E-state index contributed by atoms with van der Waals surface area (Å²) in [6.45, 7) is 13.7. The number of hydrogen-bond donors (Lipinski definition) is 0. The van der Waals surface area contributed by atoms with Gasteiger partial charge < -0.3 is 4.74 Å². The van der Waals surface area contributed by atoms with Gasteiger partial charge in [-0.15, -0.1) is 0 Å². The molecule has 4 nitrogen and oxygen atoms in total. The number of hydrogen-bond acceptors (Lipinski definition) is 4. The smallest absolute Gasteiger partial charge is 0.342 e. The van der Waals surface area contributed by atoms with Crippen LogP contribution in [-0.2, 0) is 19.3 Å². The van der Waals surface area contributed by atoms with Gasteiger partial charge in [0.2, 0.25) is 0 Å². The maximum atomic E-state index is 11.5. The van der Waals surface area contributed by atoms with Gasteiger partial charge in [-0.2, -0.15) is 4.89 Å². The highest BCUT2D eigenvalue weighted by Crippen LogP contribution is 2.26. The second kappa shape index (κ2) is 10.2. The summed E-state index contributed by atoms with van der Waals surface area (Å²) in [5.41, 5.74) is 0.231. The van der Waals surface area contributed by atoms with E-state index < -0.39 is 0 Å². The van der Waals surface area contributed by atoms with Crippen LogP contribution in [0.15, 0.2) is 0 Å². The third-order valence-corrected chi connectivity index (χ3v) is 2.54. The standard InChI is InChI=1S/C15H29O4/c1-6-17-9-7-8-10-18-19-14(16)11-13(2)12-15(3,4)5/h13H,1,6-12H2,2-5H3. The zero-order chi connectivity index (χ0) is 14.7. The summed E-state index contributed by atoms with van der Waals surface area (Å²) < 4.78 is 5.09. The zero-order valence-electron chi connectivity index (χ0n) is 12.9. The van der Waals surface area contributed by atoms with E-state index in [9.17, 15) is 4.79 Å². The monoisotopic (exact) mass is 273 g/mol. The molecule has 0 aromatic carbocycles. The second-order valence-corrected chi connectivity index (χ2v) is 6.17. The SMILES string of the molecule is [CH2]COCCCCOOC(=O)CC(C)CC(C)(C)C. The van der Waals surface area contributed by atoms with Gasteiger partial charge in [0.15, 0.2) is 0 Å². The van der Waals surface area contributed by atoms with Crippen LogP contribution in [0.5, 0.6) is 0 Å². The minimum Gasteiger partial charge on any atom is -0.381 e. The van der Waals surface area contributed by atoms with Gasteiger partial charge in [0.25, 0.3) is 0 Å². The van der Waals surface area contributed by atoms with E-state index in [0.717, 1.165) is 19.3 Å². The molecule has 0 fully saturated rings. The average molecular weight is 273 g/mol. The molecule has 0 saturated heterocycles. The van der Waals surface area contributed by atoms with Crippen LogP contribution < -0.4 is 0 Å². The molecule has 0 aromatic heterocycles. The Morgan fingerprint density at radius 2 is 1.84 bits per heavy atom. The quantitative estimate of drug-likeness (QED) is 0.347. The zero-order valence-corrected chi connectivity index (χ0v) is 12.9. The van der Waals surface area contributed by atoms with Crippen molar-refractivity contribution >= 4 is 5.97 Å². The van der Waals surface area contributed by atoms with Crippen LogP contribution in [0.4, 0.5) is 0 Å². The Morgan fingerprint density at radius 1 is 1.21 bits per heavy atom. The Balaban J connectivity index is 3.49. The normalized spacial score (nSPS) is 13.3. The minimum atomic E-state index is -0.286. The number of carbonyl (C=O) groups is 1. The van der Waals surface area contributed by atoms with E-state index in [-0.39, 0.29) is 11.4 Å². The highest BCUT2D eigenvalue weighted by Gasteiger charge is 2.18. The van der Waals surface area contributed by atoms with Gasteiger partial charge >= 0.3 is 5.97 Å². The summed E-state index contributed by atoms with van der Waals surface area (Å²) in [6, 6.07) is 0. The predicted molar refractivity (Wildman–Crippen MR) is 75.3 cm³/mol. The Labute approximate surface area is 117 Å². The molecule has 113 valence electrons. The first kappa shape index (κ1) is 18.4. The van der Waals surface area contributed by atoms with Gasteiger partial charge in [-0.05, 0) is 37.5 Å². The van der Waals surface area contributed by atoms with Gasteiger partial charge in [0.1, 0.15) is 0 Å². The molecule has 0 rings (SSSR count). The molecule has 0 aromatic rings. The number of ether oxygens (including phenoxy) is 1. The Kier molecular flexibility index (Phi) is 9.88. The Hall–Kier alpha value is -0.610. The van der Waals surface area contributed by atoms with Crippen LogP contribution in [0, 0.1) is 18.3 Å². The van der Waals surface area contributed by atoms with Crippen LogP contribution in [0.3, 0.4) is 0 Å². The van der Waals surface area contributed by atoms with Gasteiger partial charge in [-0.1, -0.05) is 27.7 Å². The van der Waals surface area contributed by atoms with Crippen LogP contribution in [0.1, 0.15) is 53.4 Å². The van der Waals surface area contributed by atoms with Crippen molar-refractivity contribution in [1.29, 1.82) is 0 Å². The molecule has 0 bridgehead atoms. The minimum absolute atomic E-state index is 0.231. The molecule has 0 N–H and O–H groups in total. The summed E-state index contributed by atoms with van der Waals surface area (Å²) in [5.74, 6) is 0.0207. The molecule has 0 aliphatic rings. The summed E-state index contributed by atoms with van der Waals surface area (Å²) >= 11 is 0. The third kappa shape index (κ3) is 13.6.